The highest BCUT2D eigenvalue weighted by molar-refractivity contribution is 9.10. The average molecular weight is 346 g/mol. The van der Waals surface area contributed by atoms with Crippen molar-refractivity contribution in [1.82, 2.24) is 5.32 Å². The highest BCUT2D eigenvalue weighted by Gasteiger charge is 2.32. The largest absolute Gasteiger partial charge is 0.492 e. The molecule has 0 aliphatic carbocycles. The zero-order valence-electron chi connectivity index (χ0n) is 12.6. The number of ether oxygens (including phenoxy) is 1. The number of nitrogens with one attached hydrogen (secondary N) is 1. The molecule has 21 heavy (non-hydrogen) atoms. The number of fused-ring (bicyclic) bond motifs is 1. The van der Waals surface area contributed by atoms with Crippen molar-refractivity contribution in [2.75, 3.05) is 13.7 Å². The molecule has 110 valence electrons. The Morgan fingerprint density at radius 1 is 1.14 bits per heavy atom. The average Bonchev–Trinajstić information content (AvgIpc) is 2.76. The Morgan fingerprint density at radius 2 is 1.90 bits per heavy atom. The van der Waals surface area contributed by atoms with Crippen LogP contribution in [-0.4, -0.2) is 13.7 Å². The van der Waals surface area contributed by atoms with Gasteiger partial charge in [0, 0.05) is 15.5 Å². The zero-order valence-corrected chi connectivity index (χ0v) is 14.2. The first kappa shape index (κ1) is 14.6. The van der Waals surface area contributed by atoms with Gasteiger partial charge in [0.1, 0.15) is 5.75 Å². The fourth-order valence-electron chi connectivity index (χ4n) is 2.93. The molecule has 2 aromatic carbocycles. The second-order valence-corrected chi connectivity index (χ2v) is 7.12. The van der Waals surface area contributed by atoms with E-state index in [4.69, 9.17) is 4.74 Å². The minimum absolute atomic E-state index is 0.0842. The predicted molar refractivity (Wildman–Crippen MR) is 90.0 cm³/mol. The summed E-state index contributed by atoms with van der Waals surface area (Å²) in [4.78, 5) is 0. The maximum Gasteiger partial charge on any atom is 0.123 e. The first-order valence-electron chi connectivity index (χ1n) is 7.21. The Kier molecular flexibility index (Phi) is 3.80. The second kappa shape index (κ2) is 5.47. The van der Waals surface area contributed by atoms with Gasteiger partial charge in [-0.2, -0.15) is 0 Å². The number of hydrogen-bond donors (Lipinski definition) is 1. The summed E-state index contributed by atoms with van der Waals surface area (Å²) in [6, 6.07) is 15.2. The van der Waals surface area contributed by atoms with Crippen molar-refractivity contribution in [2.24, 2.45) is 0 Å². The van der Waals surface area contributed by atoms with E-state index < -0.39 is 0 Å². The molecule has 1 unspecified atom stereocenters. The summed E-state index contributed by atoms with van der Waals surface area (Å²) < 4.78 is 6.88. The Bertz CT molecular complexity index is 666. The van der Waals surface area contributed by atoms with Gasteiger partial charge in [-0.15, -0.1) is 0 Å². The molecule has 2 aromatic rings. The molecule has 0 spiro atoms. The molecule has 0 saturated carbocycles. The van der Waals surface area contributed by atoms with E-state index in [2.05, 4.69) is 77.6 Å². The molecule has 0 saturated heterocycles. The third-order valence-electron chi connectivity index (χ3n) is 4.13. The van der Waals surface area contributed by atoms with Gasteiger partial charge in [0.05, 0.1) is 12.6 Å². The lowest BCUT2D eigenvalue weighted by Crippen LogP contribution is -2.20. The highest BCUT2D eigenvalue weighted by Crippen LogP contribution is 2.40. The van der Waals surface area contributed by atoms with E-state index in [0.717, 1.165) is 16.8 Å². The fraction of sp³-hybridized carbons (Fsp3) is 0.333. The SMILES string of the molecule is CNC(c1cccc(Br)c1)c1ccc2c(c1)C(C)(C)CO2. The molecule has 3 heteroatoms. The van der Waals surface area contributed by atoms with E-state index in [9.17, 15) is 0 Å². The van der Waals surface area contributed by atoms with Crippen LogP contribution in [0.15, 0.2) is 46.9 Å². The van der Waals surface area contributed by atoms with Crippen molar-refractivity contribution in [1.29, 1.82) is 0 Å². The van der Waals surface area contributed by atoms with Crippen LogP contribution in [0.2, 0.25) is 0 Å². The standard InChI is InChI=1S/C18H20BrNO/c1-18(2)11-21-16-8-7-13(10-15(16)18)17(20-3)12-5-4-6-14(19)9-12/h4-10,17,20H,11H2,1-3H3. The van der Waals surface area contributed by atoms with Crippen molar-refractivity contribution >= 4 is 15.9 Å². The van der Waals surface area contributed by atoms with Crippen LogP contribution in [0.3, 0.4) is 0 Å². The molecular weight excluding hydrogens is 326 g/mol. The summed E-state index contributed by atoms with van der Waals surface area (Å²) in [5.41, 5.74) is 3.91. The minimum atomic E-state index is 0.0842. The summed E-state index contributed by atoms with van der Waals surface area (Å²) in [6.45, 7) is 5.22. The van der Waals surface area contributed by atoms with Crippen LogP contribution in [0.4, 0.5) is 0 Å². The van der Waals surface area contributed by atoms with Crippen molar-refractivity contribution in [3.05, 3.63) is 63.6 Å². The van der Waals surface area contributed by atoms with Gasteiger partial charge in [0.25, 0.3) is 0 Å². The van der Waals surface area contributed by atoms with Crippen LogP contribution in [0.1, 0.15) is 36.6 Å². The summed E-state index contributed by atoms with van der Waals surface area (Å²) in [5.74, 6) is 1.02. The van der Waals surface area contributed by atoms with E-state index in [1.807, 2.05) is 7.05 Å². The normalized spacial score (nSPS) is 17.1. The van der Waals surface area contributed by atoms with Gasteiger partial charge in [-0.25, -0.2) is 0 Å². The van der Waals surface area contributed by atoms with Crippen molar-refractivity contribution in [3.63, 3.8) is 0 Å². The first-order valence-corrected chi connectivity index (χ1v) is 8.00. The lowest BCUT2D eigenvalue weighted by molar-refractivity contribution is 0.291. The first-order chi connectivity index (χ1) is 10.0. The van der Waals surface area contributed by atoms with Crippen LogP contribution >= 0.6 is 15.9 Å². The highest BCUT2D eigenvalue weighted by atomic mass is 79.9. The Balaban J connectivity index is 2.03. The van der Waals surface area contributed by atoms with E-state index in [1.165, 1.54) is 16.7 Å². The number of hydrogen-bond acceptors (Lipinski definition) is 2. The Labute approximate surface area is 134 Å². The lowest BCUT2D eigenvalue weighted by atomic mass is 9.85. The molecule has 0 aromatic heterocycles. The van der Waals surface area contributed by atoms with Crippen molar-refractivity contribution < 1.29 is 4.74 Å². The number of benzene rings is 2. The van der Waals surface area contributed by atoms with Crippen LogP contribution < -0.4 is 10.1 Å². The third-order valence-corrected chi connectivity index (χ3v) is 4.62. The molecule has 0 amide bonds. The second-order valence-electron chi connectivity index (χ2n) is 6.20. The maximum absolute atomic E-state index is 5.78. The molecule has 0 bridgehead atoms. The molecule has 1 heterocycles. The molecule has 0 fully saturated rings. The molecule has 2 nitrogen and oxygen atoms in total. The molecule has 1 atom stereocenters. The smallest absolute Gasteiger partial charge is 0.123 e. The van der Waals surface area contributed by atoms with Gasteiger partial charge in [-0.1, -0.05) is 48.0 Å². The fourth-order valence-corrected chi connectivity index (χ4v) is 3.35. The predicted octanol–water partition coefficient (Wildman–Crippen LogP) is 4.43. The Morgan fingerprint density at radius 3 is 2.62 bits per heavy atom. The zero-order chi connectivity index (χ0) is 15.0. The Hall–Kier alpha value is -1.32. The van der Waals surface area contributed by atoms with E-state index in [-0.39, 0.29) is 11.5 Å². The van der Waals surface area contributed by atoms with Gasteiger partial charge in [-0.05, 0) is 42.4 Å². The third kappa shape index (κ3) is 2.72. The topological polar surface area (TPSA) is 21.3 Å². The molecule has 1 aliphatic rings. The van der Waals surface area contributed by atoms with E-state index >= 15 is 0 Å². The molecule has 1 aliphatic heterocycles. The molecule has 3 rings (SSSR count). The number of rotatable bonds is 3. The summed E-state index contributed by atoms with van der Waals surface area (Å²) in [7, 11) is 2.00. The summed E-state index contributed by atoms with van der Waals surface area (Å²) >= 11 is 3.55. The lowest BCUT2D eigenvalue weighted by Gasteiger charge is -2.21. The van der Waals surface area contributed by atoms with Gasteiger partial charge in [-0.3, -0.25) is 0 Å². The summed E-state index contributed by atoms with van der Waals surface area (Å²) in [5, 5.41) is 3.42. The van der Waals surface area contributed by atoms with E-state index in [0.29, 0.717) is 0 Å². The van der Waals surface area contributed by atoms with Gasteiger partial charge in [0.2, 0.25) is 0 Å². The molecule has 1 N–H and O–H groups in total. The quantitative estimate of drug-likeness (QED) is 0.888. The van der Waals surface area contributed by atoms with Crippen molar-refractivity contribution in [3.8, 4) is 5.75 Å². The summed E-state index contributed by atoms with van der Waals surface area (Å²) in [6.07, 6.45) is 0. The van der Waals surface area contributed by atoms with E-state index in [1.54, 1.807) is 0 Å². The maximum atomic E-state index is 5.78. The van der Waals surface area contributed by atoms with Crippen LogP contribution in [-0.2, 0) is 5.41 Å². The van der Waals surface area contributed by atoms with Crippen LogP contribution in [0.25, 0.3) is 0 Å². The van der Waals surface area contributed by atoms with Gasteiger partial charge < -0.3 is 10.1 Å². The van der Waals surface area contributed by atoms with Gasteiger partial charge >= 0.3 is 0 Å². The molecule has 0 radical (unpaired) electrons. The monoisotopic (exact) mass is 345 g/mol. The minimum Gasteiger partial charge on any atom is -0.492 e. The van der Waals surface area contributed by atoms with Crippen LogP contribution in [0.5, 0.6) is 5.75 Å². The van der Waals surface area contributed by atoms with Gasteiger partial charge in [0.15, 0.2) is 0 Å². The van der Waals surface area contributed by atoms with Crippen molar-refractivity contribution in [2.45, 2.75) is 25.3 Å². The van der Waals surface area contributed by atoms with Crippen LogP contribution in [0, 0.1) is 0 Å². The number of halogens is 1. The molecular formula is C18H20BrNO.